The van der Waals surface area contributed by atoms with E-state index in [0.29, 0.717) is 13.1 Å². The molecule has 0 bridgehead atoms. The first kappa shape index (κ1) is 17.8. The molecule has 1 N–H and O–H groups in total. The zero-order chi connectivity index (χ0) is 18.5. The first-order valence-corrected chi connectivity index (χ1v) is 8.72. The molecule has 0 fully saturated rings. The Morgan fingerprint density at radius 2 is 1.69 bits per heavy atom. The SMILES string of the molecule is CCCn1c(=O)n(CC(=O)NCc2ccccc2OC)c2ccccc21. The fourth-order valence-corrected chi connectivity index (χ4v) is 3.11. The van der Waals surface area contributed by atoms with Crippen LogP contribution in [0, 0.1) is 0 Å². The number of hydrogen-bond acceptors (Lipinski definition) is 3. The summed E-state index contributed by atoms with van der Waals surface area (Å²) < 4.78 is 8.55. The number of aromatic nitrogens is 2. The standard InChI is InChI=1S/C20H23N3O3/c1-3-12-22-16-9-5-6-10-17(16)23(20(22)25)14-19(24)21-13-15-8-4-7-11-18(15)26-2/h4-11H,3,12-14H2,1-2H3,(H,21,24). The highest BCUT2D eigenvalue weighted by molar-refractivity contribution is 5.81. The van der Waals surface area contributed by atoms with Gasteiger partial charge in [0, 0.05) is 18.7 Å². The molecule has 6 nitrogen and oxygen atoms in total. The molecule has 0 spiro atoms. The van der Waals surface area contributed by atoms with Crippen molar-refractivity contribution in [3.8, 4) is 5.75 Å². The predicted molar refractivity (Wildman–Crippen MR) is 101 cm³/mol. The molecule has 2 aromatic carbocycles. The van der Waals surface area contributed by atoms with E-state index < -0.39 is 0 Å². The van der Waals surface area contributed by atoms with Crippen molar-refractivity contribution in [3.63, 3.8) is 0 Å². The lowest BCUT2D eigenvalue weighted by Gasteiger charge is -2.10. The number of hydrogen-bond donors (Lipinski definition) is 1. The summed E-state index contributed by atoms with van der Waals surface area (Å²) in [6.45, 7) is 3.00. The monoisotopic (exact) mass is 353 g/mol. The van der Waals surface area contributed by atoms with E-state index in [4.69, 9.17) is 4.74 Å². The Bertz CT molecular complexity index is 972. The average Bonchev–Trinajstić information content (AvgIpc) is 2.93. The van der Waals surface area contributed by atoms with E-state index in [-0.39, 0.29) is 18.1 Å². The highest BCUT2D eigenvalue weighted by Crippen LogP contribution is 2.17. The maximum absolute atomic E-state index is 12.7. The number of imidazole rings is 1. The van der Waals surface area contributed by atoms with Crippen molar-refractivity contribution in [2.45, 2.75) is 33.0 Å². The molecule has 3 rings (SSSR count). The van der Waals surface area contributed by atoms with Crippen LogP contribution in [0.25, 0.3) is 11.0 Å². The fraction of sp³-hybridized carbons (Fsp3) is 0.300. The van der Waals surface area contributed by atoms with E-state index in [9.17, 15) is 9.59 Å². The summed E-state index contributed by atoms with van der Waals surface area (Å²) in [5, 5.41) is 2.87. The number of amides is 1. The Morgan fingerprint density at radius 1 is 1.04 bits per heavy atom. The minimum absolute atomic E-state index is 0.00872. The normalized spacial score (nSPS) is 10.8. The van der Waals surface area contributed by atoms with Crippen molar-refractivity contribution in [2.75, 3.05) is 7.11 Å². The first-order chi connectivity index (χ1) is 12.7. The second kappa shape index (κ2) is 7.91. The molecule has 0 radical (unpaired) electrons. The van der Waals surface area contributed by atoms with Gasteiger partial charge in [-0.15, -0.1) is 0 Å². The van der Waals surface area contributed by atoms with E-state index in [0.717, 1.165) is 28.8 Å². The quantitative estimate of drug-likeness (QED) is 0.710. The molecule has 6 heteroatoms. The summed E-state index contributed by atoms with van der Waals surface area (Å²) in [5.41, 5.74) is 2.37. The number of nitrogens with one attached hydrogen (secondary N) is 1. The van der Waals surface area contributed by atoms with Crippen LogP contribution in [0.4, 0.5) is 0 Å². The third-order valence-corrected chi connectivity index (χ3v) is 4.34. The average molecular weight is 353 g/mol. The molecule has 1 amide bonds. The van der Waals surface area contributed by atoms with Crippen molar-refractivity contribution < 1.29 is 9.53 Å². The summed E-state index contributed by atoms with van der Waals surface area (Å²) >= 11 is 0. The second-order valence-corrected chi connectivity index (χ2v) is 6.10. The molecule has 0 aliphatic rings. The van der Waals surface area contributed by atoms with Crippen LogP contribution in [-0.4, -0.2) is 22.2 Å². The van der Waals surface area contributed by atoms with Crippen molar-refractivity contribution in [3.05, 3.63) is 64.6 Å². The zero-order valence-corrected chi connectivity index (χ0v) is 15.1. The van der Waals surface area contributed by atoms with Gasteiger partial charge in [-0.05, 0) is 24.6 Å². The summed E-state index contributed by atoms with van der Waals surface area (Å²) in [4.78, 5) is 25.1. The third kappa shape index (κ3) is 3.49. The summed E-state index contributed by atoms with van der Waals surface area (Å²) in [6, 6.07) is 15.1. The molecule has 26 heavy (non-hydrogen) atoms. The molecule has 3 aromatic rings. The van der Waals surface area contributed by atoms with E-state index in [1.807, 2.05) is 55.5 Å². The molecule has 0 unspecified atom stereocenters. The van der Waals surface area contributed by atoms with Crippen LogP contribution in [0.5, 0.6) is 5.75 Å². The summed E-state index contributed by atoms with van der Waals surface area (Å²) in [5.74, 6) is 0.516. The maximum atomic E-state index is 12.7. The lowest BCUT2D eigenvalue weighted by molar-refractivity contribution is -0.121. The molecule has 0 atom stereocenters. The Balaban J connectivity index is 1.79. The number of carbonyl (C=O) groups is 1. The molecule has 1 heterocycles. The Labute approximate surface area is 152 Å². The van der Waals surface area contributed by atoms with Gasteiger partial charge in [0.2, 0.25) is 5.91 Å². The molecule has 0 saturated heterocycles. The van der Waals surface area contributed by atoms with Crippen LogP contribution >= 0.6 is 0 Å². The van der Waals surface area contributed by atoms with E-state index in [2.05, 4.69) is 5.32 Å². The van der Waals surface area contributed by atoms with Crippen LogP contribution in [0.15, 0.2) is 53.3 Å². The van der Waals surface area contributed by atoms with Gasteiger partial charge >= 0.3 is 5.69 Å². The predicted octanol–water partition coefficient (Wildman–Crippen LogP) is 2.54. The smallest absolute Gasteiger partial charge is 0.329 e. The number of fused-ring (bicyclic) bond motifs is 1. The van der Waals surface area contributed by atoms with Gasteiger partial charge in [0.05, 0.1) is 18.1 Å². The number of ether oxygens (including phenoxy) is 1. The Kier molecular flexibility index (Phi) is 5.41. The molecule has 0 aliphatic heterocycles. The second-order valence-electron chi connectivity index (χ2n) is 6.10. The molecular formula is C20H23N3O3. The lowest BCUT2D eigenvalue weighted by Crippen LogP contribution is -2.33. The molecule has 136 valence electrons. The third-order valence-electron chi connectivity index (χ3n) is 4.34. The molecular weight excluding hydrogens is 330 g/mol. The highest BCUT2D eigenvalue weighted by Gasteiger charge is 2.15. The summed E-state index contributed by atoms with van der Waals surface area (Å²) in [6.07, 6.45) is 0.855. The van der Waals surface area contributed by atoms with E-state index >= 15 is 0 Å². The number of benzene rings is 2. The largest absolute Gasteiger partial charge is 0.496 e. The van der Waals surface area contributed by atoms with E-state index in [1.165, 1.54) is 4.57 Å². The van der Waals surface area contributed by atoms with Gasteiger partial charge in [-0.25, -0.2) is 4.79 Å². The molecule has 0 saturated carbocycles. The zero-order valence-electron chi connectivity index (χ0n) is 15.1. The summed E-state index contributed by atoms with van der Waals surface area (Å²) in [7, 11) is 1.60. The van der Waals surface area contributed by atoms with Gasteiger partial charge in [-0.3, -0.25) is 13.9 Å². The van der Waals surface area contributed by atoms with Crippen molar-refractivity contribution >= 4 is 16.9 Å². The molecule has 0 aliphatic carbocycles. The van der Waals surface area contributed by atoms with Gasteiger partial charge in [0.25, 0.3) is 0 Å². The highest BCUT2D eigenvalue weighted by atomic mass is 16.5. The van der Waals surface area contributed by atoms with Crippen molar-refractivity contribution in [2.24, 2.45) is 0 Å². The number of nitrogens with zero attached hydrogens (tertiary/aromatic N) is 2. The van der Waals surface area contributed by atoms with Gasteiger partial charge in [0.1, 0.15) is 12.3 Å². The first-order valence-electron chi connectivity index (χ1n) is 8.72. The molecule has 1 aromatic heterocycles. The minimum atomic E-state index is -0.211. The van der Waals surface area contributed by atoms with Crippen LogP contribution in [-0.2, 0) is 24.4 Å². The van der Waals surface area contributed by atoms with Crippen LogP contribution in [0.3, 0.4) is 0 Å². The topological polar surface area (TPSA) is 65.3 Å². The van der Waals surface area contributed by atoms with Gasteiger partial charge in [0.15, 0.2) is 0 Å². The van der Waals surface area contributed by atoms with Crippen molar-refractivity contribution in [1.29, 1.82) is 0 Å². The van der Waals surface area contributed by atoms with Gasteiger partial charge in [-0.2, -0.15) is 0 Å². The maximum Gasteiger partial charge on any atom is 0.329 e. The van der Waals surface area contributed by atoms with Gasteiger partial charge in [-0.1, -0.05) is 37.3 Å². The van der Waals surface area contributed by atoms with Crippen LogP contribution in [0.2, 0.25) is 0 Å². The Hall–Kier alpha value is -3.02. The number of rotatable bonds is 7. The van der Waals surface area contributed by atoms with Crippen LogP contribution in [0.1, 0.15) is 18.9 Å². The van der Waals surface area contributed by atoms with E-state index in [1.54, 1.807) is 11.7 Å². The number of aryl methyl sites for hydroxylation is 1. The fourth-order valence-electron chi connectivity index (χ4n) is 3.11. The lowest BCUT2D eigenvalue weighted by atomic mass is 10.2. The number of para-hydroxylation sites is 3. The number of methoxy groups -OCH3 is 1. The van der Waals surface area contributed by atoms with Crippen LogP contribution < -0.4 is 15.7 Å². The number of carbonyl (C=O) groups excluding carboxylic acids is 1. The Morgan fingerprint density at radius 3 is 2.38 bits per heavy atom. The minimum Gasteiger partial charge on any atom is -0.496 e. The van der Waals surface area contributed by atoms with Crippen molar-refractivity contribution in [1.82, 2.24) is 14.5 Å². The van der Waals surface area contributed by atoms with Gasteiger partial charge < -0.3 is 10.1 Å².